The number of likely N-dealkylation sites (N-methyl/N-ethyl adjacent to an activating group) is 1. The summed E-state index contributed by atoms with van der Waals surface area (Å²) < 4.78 is 7.29. The number of nitrogens with zero attached hydrogens (tertiary/aromatic N) is 2. The predicted molar refractivity (Wildman–Crippen MR) is 63.1 cm³/mol. The largest absolute Gasteiger partial charge is 0.482 e. The summed E-state index contributed by atoms with van der Waals surface area (Å²) in [5, 5.41) is 2.51. The van der Waals surface area contributed by atoms with Crippen LogP contribution in [0.15, 0.2) is 43.0 Å². The molecule has 1 heterocycles. The molecule has 5 nitrogen and oxygen atoms in total. The number of benzene rings is 1. The molecule has 0 unspecified atom stereocenters. The number of imidazole rings is 1. The van der Waals surface area contributed by atoms with Gasteiger partial charge in [0.2, 0.25) is 0 Å². The maximum Gasteiger partial charge on any atom is 0.257 e. The smallest absolute Gasteiger partial charge is 0.257 e. The zero-order chi connectivity index (χ0) is 12.1. The van der Waals surface area contributed by atoms with Gasteiger partial charge in [0.05, 0.1) is 12.0 Å². The van der Waals surface area contributed by atoms with Gasteiger partial charge >= 0.3 is 0 Å². The molecule has 1 aromatic heterocycles. The Balaban J connectivity index is 2.20. The van der Waals surface area contributed by atoms with Crippen molar-refractivity contribution >= 4 is 5.91 Å². The molecule has 5 heteroatoms. The normalized spacial score (nSPS) is 9.94. The van der Waals surface area contributed by atoms with Crippen molar-refractivity contribution in [2.24, 2.45) is 0 Å². The van der Waals surface area contributed by atoms with Gasteiger partial charge in [-0.3, -0.25) is 4.79 Å². The number of amides is 1. The Morgan fingerprint density at radius 2 is 2.29 bits per heavy atom. The molecule has 2 aromatic rings. The Kier molecular flexibility index (Phi) is 3.40. The first-order valence-corrected chi connectivity index (χ1v) is 5.22. The average molecular weight is 231 g/mol. The highest BCUT2D eigenvalue weighted by atomic mass is 16.5. The van der Waals surface area contributed by atoms with E-state index in [4.69, 9.17) is 4.74 Å². The molecule has 0 fully saturated rings. The van der Waals surface area contributed by atoms with Gasteiger partial charge in [0.1, 0.15) is 5.75 Å². The lowest BCUT2D eigenvalue weighted by molar-refractivity contribution is -0.122. The highest BCUT2D eigenvalue weighted by molar-refractivity contribution is 5.77. The van der Waals surface area contributed by atoms with E-state index in [9.17, 15) is 4.79 Å². The number of hydrogen-bond acceptors (Lipinski definition) is 3. The fraction of sp³-hybridized carbons (Fsp3) is 0.167. The summed E-state index contributed by atoms with van der Waals surface area (Å²) in [6.07, 6.45) is 5.19. The van der Waals surface area contributed by atoms with E-state index in [1.54, 1.807) is 19.6 Å². The zero-order valence-electron chi connectivity index (χ0n) is 9.46. The van der Waals surface area contributed by atoms with E-state index in [0.29, 0.717) is 5.75 Å². The van der Waals surface area contributed by atoms with E-state index in [0.717, 1.165) is 5.69 Å². The van der Waals surface area contributed by atoms with Crippen molar-refractivity contribution in [1.82, 2.24) is 14.9 Å². The molecule has 0 saturated carbocycles. The molecule has 0 saturated heterocycles. The van der Waals surface area contributed by atoms with Gasteiger partial charge in [0.25, 0.3) is 5.91 Å². The Labute approximate surface area is 99.0 Å². The summed E-state index contributed by atoms with van der Waals surface area (Å²) in [7, 11) is 1.58. The van der Waals surface area contributed by atoms with E-state index < -0.39 is 0 Å². The molecular weight excluding hydrogens is 218 g/mol. The minimum Gasteiger partial charge on any atom is -0.482 e. The monoisotopic (exact) mass is 231 g/mol. The fourth-order valence-corrected chi connectivity index (χ4v) is 1.41. The molecule has 17 heavy (non-hydrogen) atoms. The highest BCUT2D eigenvalue weighted by Crippen LogP contribution is 2.21. The molecular formula is C12H13N3O2. The van der Waals surface area contributed by atoms with Crippen LogP contribution in [0.1, 0.15) is 0 Å². The van der Waals surface area contributed by atoms with E-state index in [1.807, 2.05) is 35.0 Å². The summed E-state index contributed by atoms with van der Waals surface area (Å²) >= 11 is 0. The summed E-state index contributed by atoms with van der Waals surface area (Å²) in [5.74, 6) is 0.486. The van der Waals surface area contributed by atoms with E-state index in [-0.39, 0.29) is 12.5 Å². The molecule has 0 spiro atoms. The number of carbonyl (C=O) groups is 1. The van der Waals surface area contributed by atoms with Crippen LogP contribution in [0, 0.1) is 0 Å². The van der Waals surface area contributed by atoms with Crippen LogP contribution >= 0.6 is 0 Å². The van der Waals surface area contributed by atoms with Crippen LogP contribution in [0.5, 0.6) is 5.75 Å². The molecule has 2 rings (SSSR count). The lowest BCUT2D eigenvalue weighted by atomic mass is 10.3. The lowest BCUT2D eigenvalue weighted by Gasteiger charge is -2.10. The summed E-state index contributed by atoms with van der Waals surface area (Å²) in [6, 6.07) is 7.49. The number of para-hydroxylation sites is 2. The molecule has 0 bridgehead atoms. The van der Waals surface area contributed by atoms with Gasteiger partial charge in [-0.25, -0.2) is 4.98 Å². The van der Waals surface area contributed by atoms with Gasteiger partial charge in [0, 0.05) is 19.4 Å². The van der Waals surface area contributed by atoms with Crippen molar-refractivity contribution < 1.29 is 9.53 Å². The Hall–Kier alpha value is -2.30. The number of nitrogens with one attached hydrogen (secondary N) is 1. The summed E-state index contributed by atoms with van der Waals surface area (Å²) in [5.41, 5.74) is 0.855. The highest BCUT2D eigenvalue weighted by Gasteiger charge is 2.06. The standard InChI is InChI=1S/C12H13N3O2/c1-13-12(16)8-17-11-5-3-2-4-10(11)15-7-6-14-9-15/h2-7,9H,8H2,1H3,(H,13,16). The molecule has 0 aliphatic rings. The van der Waals surface area contributed by atoms with Crippen molar-refractivity contribution in [2.75, 3.05) is 13.7 Å². The molecule has 1 aromatic carbocycles. The topological polar surface area (TPSA) is 56.1 Å². The van der Waals surface area contributed by atoms with Gasteiger partial charge in [-0.05, 0) is 12.1 Å². The van der Waals surface area contributed by atoms with Gasteiger partial charge in [-0.1, -0.05) is 12.1 Å². The molecule has 0 aliphatic carbocycles. The minimum absolute atomic E-state index is 0.00219. The minimum atomic E-state index is -0.162. The van der Waals surface area contributed by atoms with Gasteiger partial charge < -0.3 is 14.6 Å². The van der Waals surface area contributed by atoms with Crippen LogP contribution < -0.4 is 10.1 Å². The second kappa shape index (κ2) is 5.16. The predicted octanol–water partition coefficient (Wildman–Crippen LogP) is 0.997. The first-order chi connectivity index (χ1) is 8.31. The third-order valence-electron chi connectivity index (χ3n) is 2.29. The van der Waals surface area contributed by atoms with Crippen LogP contribution in [-0.2, 0) is 4.79 Å². The average Bonchev–Trinajstić information content (AvgIpc) is 2.90. The first kappa shape index (κ1) is 11.2. The van der Waals surface area contributed by atoms with E-state index >= 15 is 0 Å². The molecule has 1 N–H and O–H groups in total. The van der Waals surface area contributed by atoms with Crippen molar-refractivity contribution in [3.8, 4) is 11.4 Å². The molecule has 0 atom stereocenters. The SMILES string of the molecule is CNC(=O)COc1ccccc1-n1ccnc1. The second-order valence-electron chi connectivity index (χ2n) is 3.40. The van der Waals surface area contributed by atoms with Crippen LogP contribution in [0.2, 0.25) is 0 Å². The Morgan fingerprint density at radius 1 is 1.47 bits per heavy atom. The van der Waals surface area contributed by atoms with Gasteiger partial charge in [0.15, 0.2) is 6.61 Å². The summed E-state index contributed by atoms with van der Waals surface area (Å²) in [4.78, 5) is 15.1. The van der Waals surface area contributed by atoms with Crippen molar-refractivity contribution in [3.05, 3.63) is 43.0 Å². The van der Waals surface area contributed by atoms with Crippen LogP contribution in [0.25, 0.3) is 5.69 Å². The first-order valence-electron chi connectivity index (χ1n) is 5.22. The molecule has 0 aliphatic heterocycles. The molecule has 1 amide bonds. The van der Waals surface area contributed by atoms with Crippen LogP contribution in [-0.4, -0.2) is 29.1 Å². The van der Waals surface area contributed by atoms with E-state index in [1.165, 1.54) is 0 Å². The van der Waals surface area contributed by atoms with E-state index in [2.05, 4.69) is 10.3 Å². The van der Waals surface area contributed by atoms with Crippen LogP contribution in [0.4, 0.5) is 0 Å². The Morgan fingerprint density at radius 3 is 3.00 bits per heavy atom. The second-order valence-corrected chi connectivity index (χ2v) is 3.40. The molecule has 88 valence electrons. The number of aromatic nitrogens is 2. The number of ether oxygens (including phenoxy) is 1. The number of hydrogen-bond donors (Lipinski definition) is 1. The number of carbonyl (C=O) groups excluding carboxylic acids is 1. The Bertz CT molecular complexity index is 494. The van der Waals surface area contributed by atoms with Crippen LogP contribution in [0.3, 0.4) is 0 Å². The van der Waals surface area contributed by atoms with Crippen molar-refractivity contribution in [3.63, 3.8) is 0 Å². The summed E-state index contributed by atoms with van der Waals surface area (Å²) in [6.45, 7) is 0.00219. The third kappa shape index (κ3) is 2.63. The maximum absolute atomic E-state index is 11.1. The van der Waals surface area contributed by atoms with Gasteiger partial charge in [-0.2, -0.15) is 0 Å². The fourth-order valence-electron chi connectivity index (χ4n) is 1.41. The number of rotatable bonds is 4. The maximum atomic E-state index is 11.1. The molecule has 0 radical (unpaired) electrons. The third-order valence-corrected chi connectivity index (χ3v) is 2.29. The van der Waals surface area contributed by atoms with Gasteiger partial charge in [-0.15, -0.1) is 0 Å². The lowest BCUT2D eigenvalue weighted by Crippen LogP contribution is -2.25. The zero-order valence-corrected chi connectivity index (χ0v) is 9.46. The quantitative estimate of drug-likeness (QED) is 0.854. The van der Waals surface area contributed by atoms with Crippen molar-refractivity contribution in [2.45, 2.75) is 0 Å². The van der Waals surface area contributed by atoms with Crippen molar-refractivity contribution in [1.29, 1.82) is 0 Å².